The minimum atomic E-state index is -2.07. The summed E-state index contributed by atoms with van der Waals surface area (Å²) < 4.78 is -0.863. The van der Waals surface area contributed by atoms with E-state index in [2.05, 4.69) is 68.8 Å². The average molecular weight is 1720 g/mol. The molecule has 1 saturated heterocycles. The fourth-order valence-electron chi connectivity index (χ4n) is 14.2. The number of rotatable bonds is 48. The number of amides is 17. The number of aromatic nitrogens is 1. The van der Waals surface area contributed by atoms with Gasteiger partial charge >= 0.3 is 6.03 Å². The molecular formula is C85H111ClN20O17. The lowest BCUT2D eigenvalue weighted by molar-refractivity contribution is -0.897. The molecule has 1 aromatic heterocycles. The molecule has 37 nitrogen and oxygen atoms in total. The first-order valence-electron chi connectivity index (χ1n) is 40.3. The molecule has 123 heavy (non-hydrogen) atoms. The maximum Gasteiger partial charge on any atom is 0.316 e. The van der Waals surface area contributed by atoms with Crippen LogP contribution in [0.4, 0.5) is 16.2 Å². The number of unbranched alkanes of at least 4 members (excludes halogenated alkanes) is 1. The fraction of sp³-hybridized carbons (Fsp3) is 0.424. The molecule has 0 radical (unpaired) electrons. The average Bonchev–Trinajstić information content (AvgIpc) is 1.77. The van der Waals surface area contributed by atoms with Crippen LogP contribution in [0.5, 0.6) is 0 Å². The van der Waals surface area contributed by atoms with Crippen molar-refractivity contribution in [3.05, 3.63) is 173 Å². The lowest BCUT2D eigenvalue weighted by Gasteiger charge is -2.34. The van der Waals surface area contributed by atoms with E-state index in [-0.39, 0.29) is 80.4 Å². The number of primary amides is 5. The van der Waals surface area contributed by atoms with E-state index in [1.165, 1.54) is 79.7 Å². The number of nitrogens with zero attached hydrogens (tertiary/aromatic N) is 3. The van der Waals surface area contributed by atoms with Crippen molar-refractivity contribution >= 4 is 128 Å². The van der Waals surface area contributed by atoms with Gasteiger partial charge in [-0.1, -0.05) is 124 Å². The summed E-state index contributed by atoms with van der Waals surface area (Å²) in [5.74, 6) is -13.8. The number of quaternary nitrogens is 1. The lowest BCUT2D eigenvalue weighted by Crippen LogP contribution is -2.62. The minimum Gasteiger partial charge on any atom is -0.853 e. The Balaban J connectivity index is 1.24. The van der Waals surface area contributed by atoms with Crippen molar-refractivity contribution in [3.8, 4) is 0 Å². The summed E-state index contributed by atoms with van der Waals surface area (Å²) in [4.78, 5) is 227. The SMILES string of the molecule is CC(=O)N[C@H](Cc1ccc2ccccc2c1)C(=O)N[C@H](Cc1ccc(Cl)cc1)C(=O)N[C@H](Cc1cccnc1)C(=O)N[C@@H](C[O-])C(=O)N[C@@H](Cc1ccc(NC(=O)C[N+](CC(N)=O)(CC(N)=O)CC(N)=O)cc1)C(=O)N[C@H](Cc1ccc(NC(N)=O)cc1)C(=O)N[C@@H](CC(C)C)C(=O)N[C@@H](CCCCNC(C)C)C(=O)N1CCC[C@H]1C(=O)N[C@H](C)C(N)=O. The first-order valence-corrected chi connectivity index (χ1v) is 40.7. The van der Waals surface area contributed by atoms with Crippen LogP contribution in [0, 0.1) is 5.92 Å². The van der Waals surface area contributed by atoms with Crippen LogP contribution in [0.2, 0.25) is 5.02 Å². The second-order valence-electron chi connectivity index (χ2n) is 31.4. The Hall–Kier alpha value is -13.0. The molecule has 0 spiro atoms. The van der Waals surface area contributed by atoms with Crippen molar-refractivity contribution in [3.63, 3.8) is 0 Å². The van der Waals surface area contributed by atoms with E-state index >= 15 is 28.8 Å². The number of hydrogen-bond acceptors (Lipinski definition) is 19. The third kappa shape index (κ3) is 32.2. The number of carbonyl (C=O) groups excluding carboxylic acids is 16. The highest BCUT2D eigenvalue weighted by molar-refractivity contribution is 6.30. The van der Waals surface area contributed by atoms with Gasteiger partial charge in [0.05, 0.1) is 6.04 Å². The molecule has 22 N–H and O–H groups in total. The Bertz CT molecular complexity index is 4700. The molecule has 1 aliphatic rings. The third-order valence-electron chi connectivity index (χ3n) is 20.1. The maximum absolute atomic E-state index is 15.5. The Kier molecular flexibility index (Phi) is 37.3. The van der Waals surface area contributed by atoms with Crippen LogP contribution < -0.4 is 97.6 Å². The van der Waals surface area contributed by atoms with Crippen LogP contribution in [-0.2, 0) is 104 Å². The van der Waals surface area contributed by atoms with Gasteiger partial charge < -0.3 is 102 Å². The Labute approximate surface area is 716 Å². The topological polar surface area (TPSA) is 587 Å². The van der Waals surface area contributed by atoms with Crippen molar-refractivity contribution in [1.82, 2.24) is 63.1 Å². The van der Waals surface area contributed by atoms with Crippen LogP contribution in [-0.4, -0.2) is 221 Å². The highest BCUT2D eigenvalue weighted by Gasteiger charge is 2.42. The van der Waals surface area contributed by atoms with E-state index in [1.54, 1.807) is 56.3 Å². The molecule has 0 unspecified atom stereocenters. The van der Waals surface area contributed by atoms with Gasteiger partial charge in [-0.25, -0.2) is 4.79 Å². The molecule has 660 valence electrons. The number of likely N-dealkylation sites (tertiary alicyclic amines) is 1. The zero-order valence-corrected chi connectivity index (χ0v) is 70.2. The number of urea groups is 1. The van der Waals surface area contributed by atoms with Crippen LogP contribution >= 0.6 is 11.6 Å². The van der Waals surface area contributed by atoms with E-state index in [1.807, 2.05) is 50.2 Å². The Morgan fingerprint density at radius 2 is 0.935 bits per heavy atom. The summed E-state index contributed by atoms with van der Waals surface area (Å²) in [5.41, 5.74) is 29.7. The van der Waals surface area contributed by atoms with E-state index < -0.39 is 199 Å². The van der Waals surface area contributed by atoms with Crippen molar-refractivity contribution in [1.29, 1.82) is 0 Å². The predicted molar refractivity (Wildman–Crippen MR) is 454 cm³/mol. The van der Waals surface area contributed by atoms with Crippen LogP contribution in [0.25, 0.3) is 10.8 Å². The predicted octanol–water partition coefficient (Wildman–Crippen LogP) is -1.44. The van der Waals surface area contributed by atoms with Gasteiger partial charge in [0.25, 0.3) is 23.6 Å². The normalized spacial score (nSPS) is 14.7. The number of nitrogens with one attached hydrogen (secondary N) is 12. The number of halogens is 1. The second kappa shape index (κ2) is 47.3. The number of benzene rings is 5. The molecule has 2 heterocycles. The zero-order valence-electron chi connectivity index (χ0n) is 69.5. The monoisotopic (exact) mass is 1720 g/mol. The molecule has 0 bridgehead atoms. The summed E-state index contributed by atoms with van der Waals surface area (Å²) in [6.45, 7) is 6.55. The first kappa shape index (κ1) is 97.1. The summed E-state index contributed by atoms with van der Waals surface area (Å²) in [6.07, 6.45) is 3.01. The Morgan fingerprint density at radius 3 is 1.41 bits per heavy atom. The molecular weight excluding hydrogens is 1610 g/mol. The van der Waals surface area contributed by atoms with Gasteiger partial charge in [0.1, 0.15) is 54.4 Å². The number of nitrogens with two attached hydrogens (primary N) is 5. The number of pyridine rings is 1. The molecule has 0 saturated carbocycles. The molecule has 38 heteroatoms. The number of carbonyl (C=O) groups is 16. The number of hydrogen-bond donors (Lipinski definition) is 17. The van der Waals surface area contributed by atoms with Crippen molar-refractivity contribution in [2.24, 2.45) is 34.6 Å². The lowest BCUT2D eigenvalue weighted by atomic mass is 9.99. The van der Waals surface area contributed by atoms with Gasteiger partial charge in [-0.3, -0.25) is 81.4 Å². The van der Waals surface area contributed by atoms with Crippen LogP contribution in [0.3, 0.4) is 0 Å². The van der Waals surface area contributed by atoms with Gasteiger partial charge in [0.15, 0.2) is 26.2 Å². The molecule has 10 atom stereocenters. The molecule has 6 aromatic rings. The van der Waals surface area contributed by atoms with Crippen molar-refractivity contribution < 1.29 is 86.3 Å². The molecule has 5 aromatic carbocycles. The van der Waals surface area contributed by atoms with Gasteiger partial charge in [-0.15, -0.1) is 6.61 Å². The van der Waals surface area contributed by atoms with Crippen molar-refractivity contribution in [2.45, 2.75) is 179 Å². The third-order valence-corrected chi connectivity index (χ3v) is 20.4. The highest BCUT2D eigenvalue weighted by atomic mass is 35.5. The molecule has 1 fully saturated rings. The first-order chi connectivity index (χ1) is 58.3. The van der Waals surface area contributed by atoms with Gasteiger partial charge in [0, 0.05) is 80.4 Å². The smallest absolute Gasteiger partial charge is 0.316 e. The molecule has 0 aliphatic carbocycles. The summed E-state index contributed by atoms with van der Waals surface area (Å²) in [6, 6.07) is 18.3. The zero-order chi connectivity index (χ0) is 90.2. The number of anilines is 2. The van der Waals surface area contributed by atoms with Crippen LogP contribution in [0.1, 0.15) is 108 Å². The fourth-order valence-corrected chi connectivity index (χ4v) is 14.3. The molecule has 1 aliphatic heterocycles. The van der Waals surface area contributed by atoms with Gasteiger partial charge in [-0.2, -0.15) is 0 Å². The van der Waals surface area contributed by atoms with E-state index in [4.69, 9.17) is 40.3 Å². The maximum atomic E-state index is 15.5. The van der Waals surface area contributed by atoms with Crippen LogP contribution in [0.15, 0.2) is 140 Å². The minimum absolute atomic E-state index is 0.0168. The molecule has 17 amide bonds. The van der Waals surface area contributed by atoms with Gasteiger partial charge in [0.2, 0.25) is 65.0 Å². The number of fused-ring (bicyclic) bond motifs is 1. The molecule has 7 rings (SSSR count). The van der Waals surface area contributed by atoms with Gasteiger partial charge in [-0.05, 0) is 139 Å². The van der Waals surface area contributed by atoms with E-state index in [9.17, 15) is 53.1 Å². The van der Waals surface area contributed by atoms with E-state index in [0.29, 0.717) is 53.1 Å². The summed E-state index contributed by atoms with van der Waals surface area (Å²) >= 11 is 6.27. The Morgan fingerprint density at radius 1 is 0.488 bits per heavy atom. The standard InChI is InChI=1S/C85H111ClN20O17/c1-48(2)35-63(76(114)98-62(16-9-10-33-93-49(3)4)84(122)105-34-12-17-70(105)83(121)94-50(5)75(90)113)99-78(116)66(38-54-23-30-61(31-24-54)97-85(91)123)101-80(118)67(39-53-21-28-60(29-22-53)96-74(112)46-106(43-71(87)109,44-72(88)110)45-73(89)111)103-82(120)69(47-107)104-81(119)68(41-56-13-11-32-92-42-56)102-79(117)65(37-52-19-26-59(86)27-20-52)100-77(115)64(95-51(6)108)40-55-18-25-57-14-7-8-15-58(57)36-55/h7-8,11,13-15,18-32,36,42,48-50,62-70,93H,9-10,12,16-17,33-35,37-41,43-47H2,1-6H3,(H2,87,109)(H2,88,110)(H2,89,111)(H2,90,113)(H,94,121)(H,95,108)(H,96,112)(H,98,114)(H,99,116)(H,100,115)(H,101,118)(H,102,117)(H,103,120)(H,104,119)(H3,91,97,123)/t50-,62+,63+,64-,65-,66-,67+,68-,69+,70+/m1/s1. The second-order valence-corrected chi connectivity index (χ2v) is 31.8. The quantitative estimate of drug-likeness (QED) is 0.0154. The highest BCUT2D eigenvalue weighted by Crippen LogP contribution is 2.24. The summed E-state index contributed by atoms with van der Waals surface area (Å²) in [7, 11) is 0. The summed E-state index contributed by atoms with van der Waals surface area (Å²) in [5, 5.41) is 48.1. The van der Waals surface area contributed by atoms with Crippen molar-refractivity contribution in [2.75, 3.05) is 56.5 Å². The largest absolute Gasteiger partial charge is 0.853 e. The van der Waals surface area contributed by atoms with E-state index in [0.717, 1.165) is 10.8 Å².